The SMILES string of the molecule is Cc1nn(CCC(=O)NCCCOC(C)C)c(=O)c2noc(C)c12. The molecule has 0 saturated carbocycles. The van der Waals surface area contributed by atoms with Crippen LogP contribution < -0.4 is 10.9 Å². The number of rotatable bonds is 8. The highest BCUT2D eigenvalue weighted by molar-refractivity contribution is 5.81. The lowest BCUT2D eigenvalue weighted by molar-refractivity contribution is -0.121. The molecule has 24 heavy (non-hydrogen) atoms. The monoisotopic (exact) mass is 336 g/mol. The van der Waals surface area contributed by atoms with E-state index < -0.39 is 0 Å². The third-order valence-electron chi connectivity index (χ3n) is 3.58. The van der Waals surface area contributed by atoms with Crippen LogP contribution in [0, 0.1) is 13.8 Å². The Labute approximate surface area is 140 Å². The Bertz CT molecular complexity index is 763. The highest BCUT2D eigenvalue weighted by Crippen LogP contribution is 2.16. The van der Waals surface area contributed by atoms with Gasteiger partial charge in [0.2, 0.25) is 5.91 Å². The van der Waals surface area contributed by atoms with Crippen LogP contribution in [-0.4, -0.2) is 40.1 Å². The zero-order valence-electron chi connectivity index (χ0n) is 14.6. The minimum atomic E-state index is -0.342. The summed E-state index contributed by atoms with van der Waals surface area (Å²) in [7, 11) is 0. The van der Waals surface area contributed by atoms with Crippen LogP contribution in [0.15, 0.2) is 9.32 Å². The number of hydrogen-bond acceptors (Lipinski definition) is 6. The molecule has 0 aliphatic rings. The van der Waals surface area contributed by atoms with Crippen molar-refractivity contribution >= 4 is 16.8 Å². The van der Waals surface area contributed by atoms with Crippen molar-refractivity contribution in [1.29, 1.82) is 0 Å². The maximum atomic E-state index is 12.3. The number of ether oxygens (including phenoxy) is 1. The second-order valence-electron chi connectivity index (χ2n) is 5.95. The van der Waals surface area contributed by atoms with Gasteiger partial charge in [-0.25, -0.2) is 4.68 Å². The van der Waals surface area contributed by atoms with E-state index >= 15 is 0 Å². The predicted octanol–water partition coefficient (Wildman–Crippen LogP) is 1.32. The van der Waals surface area contributed by atoms with Gasteiger partial charge in [0, 0.05) is 19.6 Å². The first-order valence-electron chi connectivity index (χ1n) is 8.12. The molecule has 0 saturated heterocycles. The molecule has 2 rings (SSSR count). The van der Waals surface area contributed by atoms with Gasteiger partial charge in [-0.3, -0.25) is 9.59 Å². The minimum absolute atomic E-state index is 0.123. The normalized spacial score (nSPS) is 11.4. The molecule has 8 nitrogen and oxygen atoms in total. The average Bonchev–Trinajstić information content (AvgIpc) is 2.91. The number of amides is 1. The van der Waals surface area contributed by atoms with Crippen LogP contribution in [0.5, 0.6) is 0 Å². The summed E-state index contributed by atoms with van der Waals surface area (Å²) in [5, 5.41) is 11.5. The van der Waals surface area contributed by atoms with E-state index in [2.05, 4.69) is 15.6 Å². The van der Waals surface area contributed by atoms with Crippen molar-refractivity contribution in [2.75, 3.05) is 13.2 Å². The fraction of sp³-hybridized carbons (Fsp3) is 0.625. The van der Waals surface area contributed by atoms with Crippen LogP contribution in [-0.2, 0) is 16.1 Å². The van der Waals surface area contributed by atoms with Gasteiger partial charge in [-0.05, 0) is 34.1 Å². The molecular weight excluding hydrogens is 312 g/mol. The number of nitrogens with one attached hydrogen (secondary N) is 1. The van der Waals surface area contributed by atoms with E-state index in [9.17, 15) is 9.59 Å². The lowest BCUT2D eigenvalue weighted by Crippen LogP contribution is -2.30. The summed E-state index contributed by atoms with van der Waals surface area (Å²) in [6.45, 7) is 8.84. The number of carbonyl (C=O) groups excluding carboxylic acids is 1. The summed E-state index contributed by atoms with van der Waals surface area (Å²) in [6, 6.07) is 0. The highest BCUT2D eigenvalue weighted by Gasteiger charge is 2.15. The van der Waals surface area contributed by atoms with Gasteiger partial charge in [-0.15, -0.1) is 0 Å². The van der Waals surface area contributed by atoms with E-state index in [1.807, 2.05) is 13.8 Å². The zero-order chi connectivity index (χ0) is 17.7. The number of aryl methyl sites for hydroxylation is 3. The molecule has 0 unspecified atom stereocenters. The molecular formula is C16H24N4O4. The van der Waals surface area contributed by atoms with Crippen molar-refractivity contribution in [1.82, 2.24) is 20.3 Å². The van der Waals surface area contributed by atoms with Gasteiger partial charge in [0.25, 0.3) is 5.56 Å². The lowest BCUT2D eigenvalue weighted by Gasteiger charge is -2.09. The Morgan fingerprint density at radius 2 is 2.12 bits per heavy atom. The first-order valence-corrected chi connectivity index (χ1v) is 8.12. The van der Waals surface area contributed by atoms with Crippen molar-refractivity contribution in [3.05, 3.63) is 21.8 Å². The third kappa shape index (κ3) is 4.41. The van der Waals surface area contributed by atoms with Crippen molar-refractivity contribution in [2.45, 2.75) is 53.2 Å². The molecule has 2 aromatic rings. The number of nitrogens with zero attached hydrogens (tertiary/aromatic N) is 3. The predicted molar refractivity (Wildman–Crippen MR) is 88.9 cm³/mol. The summed E-state index contributed by atoms with van der Waals surface area (Å²) in [4.78, 5) is 24.1. The zero-order valence-corrected chi connectivity index (χ0v) is 14.6. The molecule has 2 heterocycles. The van der Waals surface area contributed by atoms with E-state index in [1.54, 1.807) is 13.8 Å². The fourth-order valence-corrected chi connectivity index (χ4v) is 2.41. The molecule has 0 radical (unpaired) electrons. The maximum Gasteiger partial charge on any atom is 0.296 e. The molecule has 0 aliphatic heterocycles. The molecule has 0 atom stereocenters. The van der Waals surface area contributed by atoms with Gasteiger partial charge in [0.05, 0.1) is 23.7 Å². The molecule has 8 heteroatoms. The summed E-state index contributed by atoms with van der Waals surface area (Å²) >= 11 is 0. The standard InChI is InChI=1S/C16H24N4O4/c1-10(2)23-9-5-7-17-13(21)6-8-20-16(22)15-14(11(3)18-20)12(4)24-19-15/h10H,5-9H2,1-4H3,(H,17,21). The molecule has 132 valence electrons. The van der Waals surface area contributed by atoms with Gasteiger partial charge < -0.3 is 14.6 Å². The van der Waals surface area contributed by atoms with Crippen LogP contribution in [0.25, 0.3) is 10.9 Å². The second-order valence-corrected chi connectivity index (χ2v) is 5.95. The van der Waals surface area contributed by atoms with Gasteiger partial charge in [-0.1, -0.05) is 5.16 Å². The van der Waals surface area contributed by atoms with Crippen molar-refractivity contribution < 1.29 is 14.1 Å². The largest absolute Gasteiger partial charge is 0.379 e. The summed E-state index contributed by atoms with van der Waals surface area (Å²) < 4.78 is 11.7. The molecule has 0 spiro atoms. The lowest BCUT2D eigenvalue weighted by atomic mass is 10.2. The van der Waals surface area contributed by atoms with Gasteiger partial charge in [0.1, 0.15) is 5.76 Å². The van der Waals surface area contributed by atoms with Crippen molar-refractivity contribution in [2.24, 2.45) is 0 Å². The minimum Gasteiger partial charge on any atom is -0.379 e. The van der Waals surface area contributed by atoms with Crippen LogP contribution >= 0.6 is 0 Å². The molecule has 0 aliphatic carbocycles. The van der Waals surface area contributed by atoms with Crippen LogP contribution in [0.3, 0.4) is 0 Å². The maximum absolute atomic E-state index is 12.3. The summed E-state index contributed by atoms with van der Waals surface area (Å²) in [5.74, 6) is 0.447. The molecule has 0 bridgehead atoms. The Hall–Kier alpha value is -2.22. The molecule has 2 aromatic heterocycles. The van der Waals surface area contributed by atoms with Gasteiger partial charge >= 0.3 is 0 Å². The summed E-state index contributed by atoms with van der Waals surface area (Å²) in [6.07, 6.45) is 1.13. The summed E-state index contributed by atoms with van der Waals surface area (Å²) in [5.41, 5.74) is 0.575. The molecule has 1 amide bonds. The van der Waals surface area contributed by atoms with Crippen molar-refractivity contribution in [3.8, 4) is 0 Å². The average molecular weight is 336 g/mol. The van der Waals surface area contributed by atoms with Crippen molar-refractivity contribution in [3.63, 3.8) is 0 Å². The molecule has 1 N–H and O–H groups in total. The van der Waals surface area contributed by atoms with E-state index in [-0.39, 0.29) is 36.1 Å². The number of aromatic nitrogens is 3. The quantitative estimate of drug-likeness (QED) is 0.730. The van der Waals surface area contributed by atoms with E-state index in [4.69, 9.17) is 9.26 Å². The van der Waals surface area contributed by atoms with Gasteiger partial charge in [0.15, 0.2) is 5.52 Å². The Morgan fingerprint density at radius 1 is 1.38 bits per heavy atom. The topological polar surface area (TPSA) is 99.2 Å². The van der Waals surface area contributed by atoms with Crippen LogP contribution in [0.2, 0.25) is 0 Å². The van der Waals surface area contributed by atoms with Crippen LogP contribution in [0.1, 0.15) is 38.1 Å². The fourth-order valence-electron chi connectivity index (χ4n) is 2.41. The Kier molecular flexibility index (Phi) is 6.08. The number of hydrogen-bond donors (Lipinski definition) is 1. The third-order valence-corrected chi connectivity index (χ3v) is 3.58. The smallest absolute Gasteiger partial charge is 0.296 e. The Morgan fingerprint density at radius 3 is 2.83 bits per heavy atom. The first-order chi connectivity index (χ1) is 11.4. The van der Waals surface area contributed by atoms with E-state index in [0.717, 1.165) is 6.42 Å². The number of carbonyl (C=O) groups is 1. The molecule has 0 aromatic carbocycles. The van der Waals surface area contributed by atoms with Crippen LogP contribution in [0.4, 0.5) is 0 Å². The molecule has 0 fully saturated rings. The van der Waals surface area contributed by atoms with E-state index in [1.165, 1.54) is 4.68 Å². The van der Waals surface area contributed by atoms with E-state index in [0.29, 0.717) is 30.0 Å². The highest BCUT2D eigenvalue weighted by atomic mass is 16.5. The van der Waals surface area contributed by atoms with Gasteiger partial charge in [-0.2, -0.15) is 5.10 Å². The first kappa shape index (κ1) is 18.1. The number of fused-ring (bicyclic) bond motifs is 1. The second kappa shape index (κ2) is 8.05. The Balaban J connectivity index is 1.88.